The summed E-state index contributed by atoms with van der Waals surface area (Å²) in [6.45, 7) is -0.273. The van der Waals surface area contributed by atoms with Crippen molar-refractivity contribution in [2.45, 2.75) is 18.3 Å². The molecule has 1 aromatic carbocycles. The molecule has 0 unspecified atom stereocenters. The van der Waals surface area contributed by atoms with Crippen molar-refractivity contribution in [3.05, 3.63) is 29.8 Å². The van der Waals surface area contributed by atoms with E-state index in [2.05, 4.69) is 11.4 Å². The Morgan fingerprint density at radius 3 is 2.26 bits per heavy atom. The third kappa shape index (κ3) is 3.69. The minimum atomic E-state index is -3.62. The highest BCUT2D eigenvalue weighted by Crippen LogP contribution is 2.47. The summed E-state index contributed by atoms with van der Waals surface area (Å²) >= 11 is 0. The van der Waals surface area contributed by atoms with E-state index >= 15 is 0 Å². The number of hydrogen-bond acceptors (Lipinski definition) is 4. The summed E-state index contributed by atoms with van der Waals surface area (Å²) in [7, 11) is 0.550. The normalized spacial score (nSPS) is 16.2. The molecular weight excluding hydrogens is 316 g/mol. The molecule has 2 rings (SSSR count). The van der Waals surface area contributed by atoms with Crippen LogP contribution in [0.1, 0.15) is 18.4 Å². The van der Waals surface area contributed by atoms with Gasteiger partial charge in [0.1, 0.15) is 0 Å². The van der Waals surface area contributed by atoms with Crippen LogP contribution in [-0.4, -0.2) is 50.6 Å². The molecule has 1 fully saturated rings. The van der Waals surface area contributed by atoms with Crippen molar-refractivity contribution in [1.29, 1.82) is 5.26 Å². The molecule has 1 aliphatic carbocycles. The van der Waals surface area contributed by atoms with E-state index in [4.69, 9.17) is 5.26 Å². The molecule has 1 aromatic rings. The lowest BCUT2D eigenvalue weighted by molar-refractivity contribution is -0.116. The Bertz CT molecular complexity index is 731. The van der Waals surface area contributed by atoms with Crippen LogP contribution in [0.5, 0.6) is 0 Å². The fraction of sp³-hybridized carbons (Fsp3) is 0.467. The molecule has 0 aliphatic heterocycles. The number of carbonyl (C=O) groups is 1. The topological polar surface area (TPSA) is 93.5 Å². The van der Waals surface area contributed by atoms with Crippen molar-refractivity contribution in [3.8, 4) is 6.07 Å². The fourth-order valence-corrected chi connectivity index (χ4v) is 3.06. The Labute approximate surface area is 136 Å². The van der Waals surface area contributed by atoms with Gasteiger partial charge in [0, 0.05) is 26.8 Å². The van der Waals surface area contributed by atoms with Crippen LogP contribution in [0.2, 0.25) is 0 Å². The predicted octanol–water partition coefficient (Wildman–Crippen LogP) is 0.918. The van der Waals surface area contributed by atoms with E-state index in [1.165, 1.54) is 21.1 Å². The zero-order valence-electron chi connectivity index (χ0n) is 13.4. The molecule has 0 heterocycles. The molecule has 0 atom stereocenters. The molecule has 1 aliphatic rings. The zero-order valence-corrected chi connectivity index (χ0v) is 14.2. The van der Waals surface area contributed by atoms with Gasteiger partial charge in [0.15, 0.2) is 0 Å². The molecule has 1 N–H and O–H groups in total. The van der Waals surface area contributed by atoms with Gasteiger partial charge in [-0.1, -0.05) is 12.1 Å². The third-order valence-corrected chi connectivity index (χ3v) is 5.75. The summed E-state index contributed by atoms with van der Waals surface area (Å²) in [6.07, 6.45) is 1.73. The maximum Gasteiger partial charge on any atom is 0.281 e. The maximum atomic E-state index is 12.0. The smallest absolute Gasteiger partial charge is 0.281 e. The highest BCUT2D eigenvalue weighted by molar-refractivity contribution is 7.86. The SMILES string of the molecule is CN(C)S(=O)(=O)N(C)CC(=O)Nc1ccc(C2(C#N)CC2)cc1. The first kappa shape index (κ1) is 17.4. The van der Waals surface area contributed by atoms with Crippen LogP contribution in [0.25, 0.3) is 0 Å². The lowest BCUT2D eigenvalue weighted by Crippen LogP contribution is -2.41. The molecular formula is C15H20N4O3S. The number of anilines is 1. The first-order chi connectivity index (χ1) is 10.7. The minimum Gasteiger partial charge on any atom is -0.325 e. The Balaban J connectivity index is 1.97. The van der Waals surface area contributed by atoms with Crippen LogP contribution in [-0.2, 0) is 20.4 Å². The Hall–Kier alpha value is -1.95. The monoisotopic (exact) mass is 336 g/mol. The van der Waals surface area contributed by atoms with Crippen molar-refractivity contribution in [1.82, 2.24) is 8.61 Å². The Morgan fingerprint density at radius 2 is 1.83 bits per heavy atom. The summed E-state index contributed by atoms with van der Waals surface area (Å²) in [6, 6.07) is 9.42. The molecule has 1 amide bonds. The first-order valence-electron chi connectivity index (χ1n) is 7.17. The molecule has 0 bridgehead atoms. The molecule has 8 heteroatoms. The van der Waals surface area contributed by atoms with Crippen LogP contribution >= 0.6 is 0 Å². The largest absolute Gasteiger partial charge is 0.325 e. The summed E-state index contributed by atoms with van der Waals surface area (Å²) in [5.41, 5.74) is 1.16. The molecule has 7 nitrogen and oxygen atoms in total. The highest BCUT2D eigenvalue weighted by atomic mass is 32.2. The number of amides is 1. The van der Waals surface area contributed by atoms with Crippen molar-refractivity contribution in [2.75, 3.05) is 33.0 Å². The molecule has 0 saturated heterocycles. The van der Waals surface area contributed by atoms with Gasteiger partial charge >= 0.3 is 0 Å². The standard InChI is InChI=1S/C15H20N4O3S/c1-18(2)23(21,22)19(3)10-14(20)17-13-6-4-12(5-7-13)15(11-16)8-9-15/h4-7H,8-10H2,1-3H3,(H,17,20). The lowest BCUT2D eigenvalue weighted by atomic mass is 9.98. The van der Waals surface area contributed by atoms with E-state index in [0.29, 0.717) is 5.69 Å². The number of likely N-dealkylation sites (N-methyl/N-ethyl adjacent to an activating group) is 1. The van der Waals surface area contributed by atoms with Crippen LogP contribution < -0.4 is 5.32 Å². The highest BCUT2D eigenvalue weighted by Gasteiger charge is 2.44. The maximum absolute atomic E-state index is 12.0. The van der Waals surface area contributed by atoms with E-state index < -0.39 is 16.1 Å². The summed E-state index contributed by atoms with van der Waals surface area (Å²) in [5.74, 6) is -0.424. The van der Waals surface area contributed by atoms with E-state index in [1.807, 2.05) is 12.1 Å². The van der Waals surface area contributed by atoms with E-state index in [1.54, 1.807) is 12.1 Å². The van der Waals surface area contributed by atoms with Crippen LogP contribution in [0, 0.1) is 11.3 Å². The van der Waals surface area contributed by atoms with Crippen LogP contribution in [0.3, 0.4) is 0 Å². The van der Waals surface area contributed by atoms with Crippen molar-refractivity contribution >= 4 is 21.8 Å². The summed E-state index contributed by atoms with van der Waals surface area (Å²) in [5, 5.41) is 11.8. The Morgan fingerprint density at radius 1 is 1.26 bits per heavy atom. The van der Waals surface area contributed by atoms with Crippen molar-refractivity contribution in [3.63, 3.8) is 0 Å². The van der Waals surface area contributed by atoms with Gasteiger partial charge in [-0.05, 0) is 30.5 Å². The third-order valence-electron chi connectivity index (χ3n) is 3.91. The molecule has 0 aromatic heterocycles. The fourth-order valence-electron chi connectivity index (χ4n) is 2.23. The van der Waals surface area contributed by atoms with Crippen LogP contribution in [0.4, 0.5) is 5.69 Å². The number of nitriles is 1. The predicted molar refractivity (Wildman–Crippen MR) is 86.8 cm³/mol. The molecule has 124 valence electrons. The van der Waals surface area contributed by atoms with Gasteiger partial charge in [0.05, 0.1) is 18.0 Å². The second-order valence-corrected chi connectivity index (χ2v) is 8.11. The second-order valence-electron chi connectivity index (χ2n) is 5.87. The zero-order chi connectivity index (χ0) is 17.3. The molecule has 0 spiro atoms. The van der Waals surface area contributed by atoms with Crippen molar-refractivity contribution < 1.29 is 13.2 Å². The number of benzene rings is 1. The number of nitrogens with one attached hydrogen (secondary N) is 1. The number of rotatable bonds is 6. The lowest BCUT2D eigenvalue weighted by Gasteiger charge is -2.20. The van der Waals surface area contributed by atoms with Gasteiger partial charge in [0.25, 0.3) is 10.2 Å². The number of hydrogen-bond donors (Lipinski definition) is 1. The van der Waals surface area contributed by atoms with E-state index in [0.717, 1.165) is 27.0 Å². The van der Waals surface area contributed by atoms with E-state index in [9.17, 15) is 13.2 Å². The number of nitrogens with zero attached hydrogens (tertiary/aromatic N) is 3. The van der Waals surface area contributed by atoms with Crippen LogP contribution in [0.15, 0.2) is 24.3 Å². The van der Waals surface area contributed by atoms with Gasteiger partial charge in [-0.25, -0.2) is 0 Å². The van der Waals surface area contributed by atoms with Gasteiger partial charge < -0.3 is 5.32 Å². The molecule has 23 heavy (non-hydrogen) atoms. The van der Waals surface area contributed by atoms with Gasteiger partial charge in [-0.15, -0.1) is 0 Å². The quantitative estimate of drug-likeness (QED) is 0.836. The average molecular weight is 336 g/mol. The second kappa shape index (κ2) is 6.28. The van der Waals surface area contributed by atoms with Crippen molar-refractivity contribution in [2.24, 2.45) is 0 Å². The summed E-state index contributed by atoms with van der Waals surface area (Å²) < 4.78 is 25.7. The summed E-state index contributed by atoms with van der Waals surface area (Å²) in [4.78, 5) is 12.0. The van der Waals surface area contributed by atoms with Gasteiger partial charge in [-0.2, -0.15) is 22.3 Å². The number of carbonyl (C=O) groups excluding carboxylic acids is 1. The Kier molecular flexibility index (Phi) is 4.75. The van der Waals surface area contributed by atoms with Gasteiger partial charge in [0.2, 0.25) is 5.91 Å². The van der Waals surface area contributed by atoms with E-state index in [-0.39, 0.29) is 12.0 Å². The first-order valence-corrected chi connectivity index (χ1v) is 8.56. The minimum absolute atomic E-state index is 0.273. The molecule has 0 radical (unpaired) electrons. The average Bonchev–Trinajstić information content (AvgIpc) is 3.28. The van der Waals surface area contributed by atoms with Gasteiger partial charge in [-0.3, -0.25) is 4.79 Å². The molecule has 1 saturated carbocycles.